The van der Waals surface area contributed by atoms with Crippen molar-refractivity contribution in [3.8, 4) is 0 Å². The van der Waals surface area contributed by atoms with Crippen LogP contribution >= 0.6 is 0 Å². The summed E-state index contributed by atoms with van der Waals surface area (Å²) < 4.78 is 0. The fraction of sp³-hybridized carbons (Fsp3) is 0.308. The molecule has 0 saturated carbocycles. The molecule has 106 valence electrons. The summed E-state index contributed by atoms with van der Waals surface area (Å²) in [6, 6.07) is 4.17. The van der Waals surface area contributed by atoms with Gasteiger partial charge in [0.25, 0.3) is 5.91 Å². The number of para-hydroxylation sites is 1. The van der Waals surface area contributed by atoms with Gasteiger partial charge in [-0.1, -0.05) is 13.0 Å². The fourth-order valence-corrected chi connectivity index (χ4v) is 2.39. The molecule has 5 N–H and O–H groups in total. The number of amides is 3. The minimum absolute atomic E-state index is 0.0429. The third-order valence-electron chi connectivity index (χ3n) is 3.26. The normalized spacial score (nSPS) is 18.9. The summed E-state index contributed by atoms with van der Waals surface area (Å²) in [4.78, 5) is 36.5. The number of benzene rings is 1. The van der Waals surface area contributed by atoms with E-state index in [0.29, 0.717) is 17.8 Å². The molecule has 1 atom stereocenters. The first-order chi connectivity index (χ1) is 9.45. The number of anilines is 2. The molecule has 0 radical (unpaired) electrons. The van der Waals surface area contributed by atoms with Crippen molar-refractivity contribution in [2.24, 2.45) is 5.73 Å². The zero-order valence-corrected chi connectivity index (χ0v) is 11.1. The third kappa shape index (κ3) is 2.29. The second-order valence-corrected chi connectivity index (χ2v) is 4.57. The van der Waals surface area contributed by atoms with Crippen LogP contribution in [0.25, 0.3) is 0 Å². The average Bonchev–Trinajstić information content (AvgIpc) is 2.37. The van der Waals surface area contributed by atoms with Crippen molar-refractivity contribution >= 4 is 29.1 Å². The van der Waals surface area contributed by atoms with Gasteiger partial charge >= 0.3 is 0 Å². The van der Waals surface area contributed by atoms with E-state index in [9.17, 15) is 14.4 Å². The molecule has 1 aliphatic heterocycles. The van der Waals surface area contributed by atoms with E-state index >= 15 is 0 Å². The van der Waals surface area contributed by atoms with E-state index in [-0.39, 0.29) is 12.1 Å². The summed E-state index contributed by atoms with van der Waals surface area (Å²) >= 11 is 0. The highest BCUT2D eigenvalue weighted by molar-refractivity contribution is 6.08. The van der Waals surface area contributed by atoms with Gasteiger partial charge in [-0.05, 0) is 18.6 Å². The predicted molar refractivity (Wildman–Crippen MR) is 73.9 cm³/mol. The zero-order chi connectivity index (χ0) is 14.9. The minimum atomic E-state index is -0.652. The van der Waals surface area contributed by atoms with E-state index in [1.54, 1.807) is 12.1 Å². The highest BCUT2D eigenvalue weighted by Crippen LogP contribution is 2.31. The Hall–Kier alpha value is -2.57. The molecule has 0 aliphatic carbocycles. The van der Waals surface area contributed by atoms with Crippen molar-refractivity contribution in [3.05, 3.63) is 23.8 Å². The van der Waals surface area contributed by atoms with E-state index < -0.39 is 23.8 Å². The Labute approximate surface area is 115 Å². The van der Waals surface area contributed by atoms with E-state index in [0.717, 1.165) is 0 Å². The van der Waals surface area contributed by atoms with Crippen molar-refractivity contribution in [2.75, 3.05) is 17.2 Å². The summed E-state index contributed by atoms with van der Waals surface area (Å²) in [7, 11) is 0. The molecule has 7 nitrogen and oxygen atoms in total. The first kappa shape index (κ1) is 13.9. The summed E-state index contributed by atoms with van der Waals surface area (Å²) in [5.74, 6) is -1.48. The van der Waals surface area contributed by atoms with Gasteiger partial charge in [-0.25, -0.2) is 0 Å². The van der Waals surface area contributed by atoms with Gasteiger partial charge in [0.2, 0.25) is 11.8 Å². The molecule has 1 aromatic rings. The number of carbonyl (C=O) groups excluding carboxylic acids is 3. The van der Waals surface area contributed by atoms with Crippen molar-refractivity contribution in [1.29, 1.82) is 0 Å². The number of imide groups is 1. The molecule has 1 aromatic carbocycles. The Morgan fingerprint density at radius 1 is 1.45 bits per heavy atom. The van der Waals surface area contributed by atoms with Crippen LogP contribution < -0.4 is 21.7 Å². The maximum Gasteiger partial charge on any atom is 0.250 e. The third-order valence-corrected chi connectivity index (χ3v) is 3.26. The van der Waals surface area contributed by atoms with Crippen molar-refractivity contribution in [2.45, 2.75) is 19.4 Å². The second kappa shape index (κ2) is 5.20. The highest BCUT2D eigenvalue weighted by atomic mass is 16.2. The number of nitrogens with zero attached hydrogens (tertiary/aromatic N) is 1. The quantitative estimate of drug-likeness (QED) is 0.513. The molecular formula is C13H16N4O3. The lowest BCUT2D eigenvalue weighted by Crippen LogP contribution is -2.58. The zero-order valence-electron chi connectivity index (χ0n) is 11.1. The first-order valence-electron chi connectivity index (χ1n) is 6.24. The molecule has 1 heterocycles. The molecule has 1 unspecified atom stereocenters. The van der Waals surface area contributed by atoms with E-state index in [2.05, 4.69) is 5.32 Å². The Bertz CT molecular complexity index is 585. The SMILES string of the molecule is CCC1C(=O)NC(=O)CN1c1c(N)cccc1C(N)=O. The molecule has 0 bridgehead atoms. The molecular weight excluding hydrogens is 260 g/mol. The summed E-state index contributed by atoms with van der Waals surface area (Å²) in [5, 5.41) is 2.27. The monoisotopic (exact) mass is 276 g/mol. The second-order valence-electron chi connectivity index (χ2n) is 4.57. The molecule has 0 spiro atoms. The topological polar surface area (TPSA) is 119 Å². The Morgan fingerprint density at radius 3 is 2.75 bits per heavy atom. The molecule has 1 fully saturated rings. The number of nitrogens with two attached hydrogens (primary N) is 2. The van der Waals surface area contributed by atoms with Gasteiger partial charge < -0.3 is 16.4 Å². The Balaban J connectivity index is 2.55. The lowest BCUT2D eigenvalue weighted by molar-refractivity contribution is -0.132. The van der Waals surface area contributed by atoms with Crippen molar-refractivity contribution in [3.63, 3.8) is 0 Å². The lowest BCUT2D eigenvalue weighted by Gasteiger charge is -2.36. The maximum absolute atomic E-state index is 11.9. The molecule has 2 rings (SSSR count). The Kier molecular flexibility index (Phi) is 3.60. The first-order valence-corrected chi connectivity index (χ1v) is 6.24. The van der Waals surface area contributed by atoms with Crippen LogP contribution in [-0.2, 0) is 9.59 Å². The van der Waals surface area contributed by atoms with Crippen LogP contribution in [0.4, 0.5) is 11.4 Å². The van der Waals surface area contributed by atoms with Gasteiger partial charge in [0.15, 0.2) is 0 Å². The van der Waals surface area contributed by atoms with E-state index in [1.165, 1.54) is 11.0 Å². The number of primary amides is 1. The summed E-state index contributed by atoms with van der Waals surface area (Å²) in [5.41, 5.74) is 12.1. The number of piperazine rings is 1. The van der Waals surface area contributed by atoms with E-state index in [4.69, 9.17) is 11.5 Å². The van der Waals surface area contributed by atoms with Crippen LogP contribution in [0.2, 0.25) is 0 Å². The lowest BCUT2D eigenvalue weighted by atomic mass is 10.0. The van der Waals surface area contributed by atoms with E-state index in [1.807, 2.05) is 6.92 Å². The Morgan fingerprint density at radius 2 is 2.15 bits per heavy atom. The van der Waals surface area contributed by atoms with Crippen molar-refractivity contribution < 1.29 is 14.4 Å². The van der Waals surface area contributed by atoms with Gasteiger partial charge in [-0.15, -0.1) is 0 Å². The van der Waals surface area contributed by atoms with Crippen LogP contribution in [0, 0.1) is 0 Å². The fourth-order valence-electron chi connectivity index (χ4n) is 2.39. The molecule has 3 amide bonds. The average molecular weight is 276 g/mol. The number of carbonyl (C=O) groups is 3. The van der Waals surface area contributed by atoms with Crippen LogP contribution in [0.3, 0.4) is 0 Å². The summed E-state index contributed by atoms with van der Waals surface area (Å²) in [6.45, 7) is 1.77. The van der Waals surface area contributed by atoms with Gasteiger partial charge in [-0.3, -0.25) is 19.7 Å². The van der Waals surface area contributed by atoms with Gasteiger partial charge in [-0.2, -0.15) is 0 Å². The van der Waals surface area contributed by atoms with Crippen LogP contribution in [-0.4, -0.2) is 30.3 Å². The molecule has 20 heavy (non-hydrogen) atoms. The van der Waals surface area contributed by atoms with Gasteiger partial charge in [0.1, 0.15) is 6.04 Å². The molecule has 7 heteroatoms. The van der Waals surface area contributed by atoms with Crippen LogP contribution in [0.1, 0.15) is 23.7 Å². The molecule has 0 aromatic heterocycles. The number of hydrogen-bond acceptors (Lipinski definition) is 5. The largest absolute Gasteiger partial charge is 0.397 e. The minimum Gasteiger partial charge on any atom is -0.397 e. The molecule has 1 saturated heterocycles. The van der Waals surface area contributed by atoms with Crippen LogP contribution in [0.15, 0.2) is 18.2 Å². The predicted octanol–water partition coefficient (Wildman–Crippen LogP) is -0.391. The number of rotatable bonds is 3. The van der Waals surface area contributed by atoms with Crippen LogP contribution in [0.5, 0.6) is 0 Å². The van der Waals surface area contributed by atoms with Gasteiger partial charge in [0, 0.05) is 0 Å². The van der Waals surface area contributed by atoms with Crippen molar-refractivity contribution in [1.82, 2.24) is 5.32 Å². The number of nitrogens with one attached hydrogen (secondary N) is 1. The highest BCUT2D eigenvalue weighted by Gasteiger charge is 2.35. The molecule has 1 aliphatic rings. The summed E-state index contributed by atoms with van der Waals surface area (Å²) in [6.07, 6.45) is 0.478. The number of hydrogen-bond donors (Lipinski definition) is 3. The maximum atomic E-state index is 11.9. The number of nitrogen functional groups attached to an aromatic ring is 1. The smallest absolute Gasteiger partial charge is 0.250 e. The van der Waals surface area contributed by atoms with Gasteiger partial charge in [0.05, 0.1) is 23.5 Å². The standard InChI is InChI=1S/C13H16N4O3/c1-2-9-13(20)16-10(18)6-17(9)11-7(12(15)19)4-3-5-8(11)14/h3-5,9H,2,6,14H2,1H3,(H2,15,19)(H,16,18,20).